The zero-order valence-electron chi connectivity index (χ0n) is 21.4. The number of aryl methyl sites for hydroxylation is 2. The summed E-state index contributed by atoms with van der Waals surface area (Å²) in [7, 11) is 3.73. The molecule has 0 bridgehead atoms. The predicted molar refractivity (Wildman–Crippen MR) is 140 cm³/mol. The van der Waals surface area contributed by atoms with Gasteiger partial charge in [-0.3, -0.25) is 0 Å². The van der Waals surface area contributed by atoms with Crippen LogP contribution in [0, 0.1) is 19.3 Å². The van der Waals surface area contributed by atoms with Crippen LogP contribution >= 0.6 is 0 Å². The Morgan fingerprint density at radius 3 is 2.72 bits per heavy atom. The zero-order valence-corrected chi connectivity index (χ0v) is 21.4. The lowest BCUT2D eigenvalue weighted by molar-refractivity contribution is 0.160. The van der Waals surface area contributed by atoms with E-state index in [0.717, 1.165) is 95.8 Å². The molecule has 36 heavy (non-hydrogen) atoms. The number of nitrogens with zero attached hydrogens (tertiary/aromatic N) is 6. The first kappa shape index (κ1) is 22.9. The normalized spacial score (nSPS) is 19.6. The maximum atomic E-state index is 5.77. The van der Waals surface area contributed by atoms with Crippen molar-refractivity contribution < 1.29 is 9.47 Å². The fraction of sp³-hybridized carbons (Fsp3) is 0.429. The number of aromatic nitrogens is 5. The molecule has 2 saturated heterocycles. The molecule has 8 nitrogen and oxygen atoms in total. The first-order valence-electron chi connectivity index (χ1n) is 12.6. The van der Waals surface area contributed by atoms with Crippen molar-refractivity contribution in [2.45, 2.75) is 33.1 Å². The van der Waals surface area contributed by atoms with Crippen molar-refractivity contribution >= 4 is 16.7 Å². The summed E-state index contributed by atoms with van der Waals surface area (Å²) in [6.07, 6.45) is 6.67. The van der Waals surface area contributed by atoms with Gasteiger partial charge in [0.2, 0.25) is 0 Å². The number of rotatable bonds is 5. The Balaban J connectivity index is 1.33. The number of ether oxygens (including phenoxy) is 2. The van der Waals surface area contributed by atoms with Gasteiger partial charge in [-0.1, -0.05) is 12.1 Å². The Bertz CT molecular complexity index is 1440. The summed E-state index contributed by atoms with van der Waals surface area (Å²) in [5, 5.41) is 1.03. The van der Waals surface area contributed by atoms with E-state index in [0.29, 0.717) is 6.42 Å². The molecule has 2 fully saturated rings. The van der Waals surface area contributed by atoms with Crippen LogP contribution in [-0.4, -0.2) is 57.9 Å². The smallest absolute Gasteiger partial charge is 0.155 e. The van der Waals surface area contributed by atoms with Crippen LogP contribution in [0.1, 0.15) is 35.7 Å². The summed E-state index contributed by atoms with van der Waals surface area (Å²) in [6.45, 7) is 7.71. The van der Waals surface area contributed by atoms with Gasteiger partial charge in [0.15, 0.2) is 5.82 Å². The number of benzene rings is 1. The minimum Gasteiger partial charge on any atom is -0.496 e. The first-order chi connectivity index (χ1) is 17.4. The summed E-state index contributed by atoms with van der Waals surface area (Å²) >= 11 is 0. The summed E-state index contributed by atoms with van der Waals surface area (Å²) in [5.74, 6) is 3.52. The van der Waals surface area contributed by atoms with Crippen LogP contribution in [0.3, 0.4) is 0 Å². The van der Waals surface area contributed by atoms with Crippen molar-refractivity contribution in [2.75, 3.05) is 38.3 Å². The van der Waals surface area contributed by atoms with Gasteiger partial charge in [0.05, 0.1) is 25.6 Å². The quantitative estimate of drug-likeness (QED) is 0.419. The van der Waals surface area contributed by atoms with Crippen LogP contribution in [0.15, 0.2) is 36.7 Å². The fourth-order valence-electron chi connectivity index (χ4n) is 5.57. The van der Waals surface area contributed by atoms with Gasteiger partial charge >= 0.3 is 0 Å². The van der Waals surface area contributed by atoms with Gasteiger partial charge in [-0.2, -0.15) is 0 Å². The average molecular weight is 485 g/mol. The number of methoxy groups -OCH3 is 1. The van der Waals surface area contributed by atoms with Crippen LogP contribution in [0.25, 0.3) is 22.2 Å². The summed E-state index contributed by atoms with van der Waals surface area (Å²) in [4.78, 5) is 21.5. The molecule has 0 saturated carbocycles. The second-order valence-corrected chi connectivity index (χ2v) is 10.2. The molecule has 0 aliphatic carbocycles. The van der Waals surface area contributed by atoms with Crippen LogP contribution in [-0.2, 0) is 18.2 Å². The molecule has 4 aromatic rings. The van der Waals surface area contributed by atoms with Gasteiger partial charge in [-0.15, -0.1) is 0 Å². The van der Waals surface area contributed by atoms with Crippen LogP contribution in [0.4, 0.5) is 5.82 Å². The molecule has 1 unspecified atom stereocenters. The Hall–Kier alpha value is -3.52. The van der Waals surface area contributed by atoms with Gasteiger partial charge in [-0.05, 0) is 38.8 Å². The maximum absolute atomic E-state index is 5.77. The van der Waals surface area contributed by atoms with Gasteiger partial charge < -0.3 is 18.9 Å². The van der Waals surface area contributed by atoms with Gasteiger partial charge in [0, 0.05) is 67.0 Å². The van der Waals surface area contributed by atoms with Crippen LogP contribution in [0.2, 0.25) is 0 Å². The van der Waals surface area contributed by atoms with Crippen molar-refractivity contribution in [3.8, 4) is 17.0 Å². The van der Waals surface area contributed by atoms with E-state index in [-0.39, 0.29) is 5.41 Å². The molecule has 0 radical (unpaired) electrons. The molecular formula is C28H32N6O2. The van der Waals surface area contributed by atoms with Crippen LogP contribution < -0.4 is 9.64 Å². The highest BCUT2D eigenvalue weighted by atomic mass is 16.5. The molecule has 1 aromatic carbocycles. The molecule has 1 spiro atoms. The number of imidazole rings is 1. The Labute approximate surface area is 211 Å². The van der Waals surface area contributed by atoms with E-state index in [4.69, 9.17) is 24.4 Å². The van der Waals surface area contributed by atoms with E-state index < -0.39 is 0 Å². The molecule has 0 amide bonds. The zero-order chi connectivity index (χ0) is 24.9. The van der Waals surface area contributed by atoms with E-state index >= 15 is 0 Å². The minimum atomic E-state index is 0.259. The topological polar surface area (TPSA) is 78.2 Å². The Morgan fingerprint density at radius 2 is 1.97 bits per heavy atom. The van der Waals surface area contributed by atoms with Gasteiger partial charge in [-0.25, -0.2) is 19.9 Å². The summed E-state index contributed by atoms with van der Waals surface area (Å²) in [6, 6.07) is 8.34. The largest absolute Gasteiger partial charge is 0.496 e. The minimum absolute atomic E-state index is 0.259. The molecule has 5 heterocycles. The number of hydrogen-bond donors (Lipinski definition) is 0. The third-order valence-electron chi connectivity index (χ3n) is 7.80. The summed E-state index contributed by atoms with van der Waals surface area (Å²) in [5.41, 5.74) is 5.34. The highest BCUT2D eigenvalue weighted by Crippen LogP contribution is 2.41. The van der Waals surface area contributed by atoms with E-state index in [2.05, 4.69) is 38.7 Å². The number of pyridine rings is 1. The van der Waals surface area contributed by atoms with E-state index in [9.17, 15) is 0 Å². The third kappa shape index (κ3) is 3.99. The Kier molecular flexibility index (Phi) is 5.63. The lowest BCUT2D eigenvalue weighted by atomic mass is 9.87. The molecule has 2 aliphatic rings. The highest BCUT2D eigenvalue weighted by molar-refractivity contribution is 5.88. The second-order valence-electron chi connectivity index (χ2n) is 10.2. The fourth-order valence-corrected chi connectivity index (χ4v) is 5.57. The molecule has 186 valence electrons. The monoisotopic (exact) mass is 484 g/mol. The highest BCUT2D eigenvalue weighted by Gasteiger charge is 2.42. The van der Waals surface area contributed by atoms with E-state index in [1.54, 1.807) is 7.11 Å². The number of anilines is 1. The number of hydrogen-bond acceptors (Lipinski definition) is 7. The molecule has 0 N–H and O–H groups in total. The molecule has 8 heteroatoms. The lowest BCUT2D eigenvalue weighted by Gasteiger charge is -2.23. The van der Waals surface area contributed by atoms with Gasteiger partial charge in [0.25, 0.3) is 0 Å². The van der Waals surface area contributed by atoms with E-state index in [1.807, 2.05) is 33.3 Å². The van der Waals surface area contributed by atoms with Crippen molar-refractivity contribution in [3.05, 3.63) is 59.6 Å². The molecule has 6 rings (SSSR count). The van der Waals surface area contributed by atoms with Crippen molar-refractivity contribution in [1.29, 1.82) is 0 Å². The molecule has 2 aliphatic heterocycles. The predicted octanol–water partition coefficient (Wildman–Crippen LogP) is 4.26. The molecular weight excluding hydrogens is 452 g/mol. The SMILES string of the molecule is COc1cc(-c2cnc(C)n2C)ccc1Cc1ncc2cc(C)nc(N3CCC4(CCOC4)C3)c2n1. The molecule has 1 atom stereocenters. The van der Waals surface area contributed by atoms with Gasteiger partial charge in [0.1, 0.15) is 22.9 Å². The number of fused-ring (bicyclic) bond motifs is 1. The van der Waals surface area contributed by atoms with Crippen LogP contribution in [0.5, 0.6) is 5.75 Å². The van der Waals surface area contributed by atoms with Crippen molar-refractivity contribution in [3.63, 3.8) is 0 Å². The average Bonchev–Trinajstić information content (AvgIpc) is 3.61. The van der Waals surface area contributed by atoms with Crippen molar-refractivity contribution in [1.82, 2.24) is 24.5 Å². The summed E-state index contributed by atoms with van der Waals surface area (Å²) < 4.78 is 13.6. The standard InChI is InChI=1S/C28H32N6O2/c1-18-11-22-14-30-25(32-26(22)27(31-18)34-9-7-28(16-34)8-10-36-17-28)13-21-6-5-20(12-24(21)35-4)23-15-29-19(2)33(23)3/h5-6,11-12,14-15H,7-10,13,16-17H2,1-4H3. The maximum Gasteiger partial charge on any atom is 0.155 e. The van der Waals surface area contributed by atoms with E-state index in [1.165, 1.54) is 0 Å². The second kappa shape index (κ2) is 8.85. The molecule has 3 aromatic heterocycles. The Morgan fingerprint density at radius 1 is 1.08 bits per heavy atom. The third-order valence-corrected chi connectivity index (χ3v) is 7.80. The first-order valence-corrected chi connectivity index (χ1v) is 12.6. The van der Waals surface area contributed by atoms with Crippen molar-refractivity contribution in [2.24, 2.45) is 12.5 Å². The lowest BCUT2D eigenvalue weighted by Crippen LogP contribution is -2.28.